The molecule has 116 valence electrons. The number of benzene rings is 3. The Morgan fingerprint density at radius 3 is 1.21 bits per heavy atom. The molecule has 2 heteroatoms. The third-order valence-electron chi connectivity index (χ3n) is 5.10. The van der Waals surface area contributed by atoms with Crippen LogP contribution in [0.5, 0.6) is 0 Å². The van der Waals surface area contributed by atoms with Crippen molar-refractivity contribution in [3.05, 3.63) is 91.0 Å². The summed E-state index contributed by atoms with van der Waals surface area (Å²) in [5.41, 5.74) is 4.33. The fourth-order valence-corrected chi connectivity index (χ4v) is 3.93. The van der Waals surface area contributed by atoms with Crippen LogP contribution < -0.4 is 35.2 Å². The van der Waals surface area contributed by atoms with E-state index in [0.717, 1.165) is 0 Å². The monoisotopic (exact) mass is 306 g/mol. The van der Waals surface area contributed by atoms with Gasteiger partial charge in [-0.05, 0) is 0 Å². The van der Waals surface area contributed by atoms with Crippen LogP contribution in [0.2, 0.25) is 6.32 Å². The Hall–Kier alpha value is -1.68. The predicted molar refractivity (Wildman–Crippen MR) is 104 cm³/mol. The Labute approximate surface area is 158 Å². The van der Waals surface area contributed by atoms with Gasteiger partial charge in [-0.2, -0.15) is 22.7 Å². The molecule has 0 aliphatic rings. The molecule has 0 radical (unpaired) electrons. The van der Waals surface area contributed by atoms with E-state index in [4.69, 9.17) is 0 Å². The molecule has 0 aliphatic carbocycles. The Morgan fingerprint density at radius 2 is 0.917 bits per heavy atom. The van der Waals surface area contributed by atoms with Crippen LogP contribution in [0.1, 0.15) is 19.8 Å². The smallest absolute Gasteiger partial charge is 0.200 e. The van der Waals surface area contributed by atoms with E-state index < -0.39 is 6.15 Å². The summed E-state index contributed by atoms with van der Waals surface area (Å²) in [6, 6.07) is 33.2. The molecule has 0 saturated carbocycles. The Kier molecular flexibility index (Phi) is 6.98. The average Bonchev–Trinajstić information content (AvgIpc) is 2.65. The van der Waals surface area contributed by atoms with E-state index in [1.165, 1.54) is 35.6 Å². The van der Waals surface area contributed by atoms with Crippen LogP contribution in [-0.4, -0.2) is 6.15 Å². The van der Waals surface area contributed by atoms with Crippen molar-refractivity contribution in [3.8, 4) is 0 Å². The molecule has 0 aliphatic heterocycles. The Morgan fingerprint density at radius 1 is 0.583 bits per heavy atom. The average molecular weight is 306 g/mol. The van der Waals surface area contributed by atoms with Gasteiger partial charge in [0.1, 0.15) is 0 Å². The summed E-state index contributed by atoms with van der Waals surface area (Å²) in [7, 11) is 0. The van der Waals surface area contributed by atoms with Crippen molar-refractivity contribution in [1.82, 2.24) is 0 Å². The summed E-state index contributed by atoms with van der Waals surface area (Å²) in [6.07, 6.45) is 2.73. The van der Waals surface area contributed by atoms with Crippen LogP contribution in [0, 0.1) is 0 Å². The van der Waals surface area contributed by atoms with Crippen LogP contribution in [-0.2, 0) is 0 Å². The van der Waals surface area contributed by atoms with Gasteiger partial charge in [-0.3, -0.25) is 0 Å². The molecule has 0 fully saturated rings. The summed E-state index contributed by atoms with van der Waals surface area (Å²) in [6.45, 7) is 2.28. The van der Waals surface area contributed by atoms with Crippen molar-refractivity contribution in [2.45, 2.75) is 26.1 Å². The zero-order chi connectivity index (χ0) is 16.0. The van der Waals surface area contributed by atoms with Gasteiger partial charge in [0.25, 0.3) is 0 Å². The van der Waals surface area contributed by atoms with Gasteiger partial charge in [0, 0.05) is 0 Å². The van der Waals surface area contributed by atoms with E-state index in [9.17, 15) is 0 Å². The van der Waals surface area contributed by atoms with E-state index in [1.807, 2.05) is 0 Å². The van der Waals surface area contributed by atoms with Gasteiger partial charge in [-0.25, -0.2) is 0 Å². The zero-order valence-electron chi connectivity index (χ0n) is 14.9. The molecule has 0 N–H and O–H groups in total. The first-order valence-corrected chi connectivity index (χ1v) is 8.71. The molecule has 0 unspecified atom stereocenters. The van der Waals surface area contributed by atoms with E-state index in [0.29, 0.717) is 0 Å². The quantitative estimate of drug-likeness (QED) is 0.595. The minimum absolute atomic E-state index is 0. The molecule has 3 aromatic carbocycles. The van der Waals surface area contributed by atoms with E-state index >= 15 is 0 Å². The summed E-state index contributed by atoms with van der Waals surface area (Å²) in [5.74, 6) is 0. The number of unbranched alkanes of at least 4 members (excludes halogenated alkanes) is 1. The van der Waals surface area contributed by atoms with Gasteiger partial charge >= 0.3 is 18.9 Å². The molecule has 0 nitrogen and oxygen atoms in total. The molecule has 24 heavy (non-hydrogen) atoms. The largest absolute Gasteiger partial charge is 1.00 e. The maximum absolute atomic E-state index is 2.30. The van der Waals surface area contributed by atoms with Crippen LogP contribution in [0.3, 0.4) is 0 Å². The van der Waals surface area contributed by atoms with Crippen molar-refractivity contribution in [3.63, 3.8) is 0 Å². The van der Waals surface area contributed by atoms with Crippen LogP contribution in [0.4, 0.5) is 0 Å². The van der Waals surface area contributed by atoms with Gasteiger partial charge in [0.2, 0.25) is 0 Å². The summed E-state index contributed by atoms with van der Waals surface area (Å²) < 4.78 is 0. The van der Waals surface area contributed by atoms with E-state index in [2.05, 4.69) is 97.9 Å². The van der Waals surface area contributed by atoms with Gasteiger partial charge in [-0.1, -0.05) is 111 Å². The maximum atomic E-state index is 2.30. The van der Waals surface area contributed by atoms with Crippen LogP contribution in [0.25, 0.3) is 0 Å². The molecule has 0 bridgehead atoms. The molecule has 0 spiro atoms. The normalized spacial score (nSPS) is 10.9. The maximum Gasteiger partial charge on any atom is 1.00 e. The number of rotatable bonds is 6. The second-order valence-electron chi connectivity index (χ2n) is 6.42. The fraction of sp³-hybridized carbons (Fsp3) is 0.182. The molecule has 3 rings (SSSR count). The fourth-order valence-electron chi connectivity index (χ4n) is 3.93. The molecule has 0 amide bonds. The molecule has 0 atom stereocenters. The topological polar surface area (TPSA) is 0 Å². The first kappa shape index (κ1) is 18.7. The molecular weight excluding hydrogens is 282 g/mol. The summed E-state index contributed by atoms with van der Waals surface area (Å²) in [4.78, 5) is 0. The van der Waals surface area contributed by atoms with Crippen LogP contribution in [0.15, 0.2) is 91.0 Å². The number of hydrogen-bond acceptors (Lipinski definition) is 0. The second-order valence-corrected chi connectivity index (χ2v) is 6.42. The van der Waals surface area contributed by atoms with Gasteiger partial charge < -0.3 is 0 Å². The zero-order valence-corrected chi connectivity index (χ0v) is 14.9. The SMILES string of the molecule is CCCC[B-](c1ccccc1)(c1ccccc1)c1ccccc1.[Li+]. The standard InChI is InChI=1S/C22H24B.Li/c1-2-3-19-23(20-13-7-4-8-14-20,21-15-9-5-10-16-21)22-17-11-6-12-18-22;/h4-18H,2-3,19H2,1H3;/q-1;+1. The van der Waals surface area contributed by atoms with Crippen molar-refractivity contribution in [2.24, 2.45) is 0 Å². The molecule has 0 aromatic heterocycles. The molecular formula is C22H24BLi. The Bertz CT molecular complexity index is 614. The minimum Gasteiger partial charge on any atom is -0.200 e. The van der Waals surface area contributed by atoms with Gasteiger partial charge in [0.05, 0.1) is 6.15 Å². The third kappa shape index (κ3) is 3.69. The van der Waals surface area contributed by atoms with E-state index in [1.54, 1.807) is 0 Å². The van der Waals surface area contributed by atoms with Crippen molar-refractivity contribution < 1.29 is 18.9 Å². The predicted octanol–water partition coefficient (Wildman–Crippen LogP) is 0.961. The van der Waals surface area contributed by atoms with Gasteiger partial charge in [-0.15, -0.1) is 0 Å². The van der Waals surface area contributed by atoms with Crippen molar-refractivity contribution >= 4 is 22.5 Å². The van der Waals surface area contributed by atoms with E-state index in [-0.39, 0.29) is 18.9 Å². The van der Waals surface area contributed by atoms with Gasteiger partial charge in [0.15, 0.2) is 0 Å². The van der Waals surface area contributed by atoms with Crippen LogP contribution >= 0.6 is 0 Å². The summed E-state index contributed by atoms with van der Waals surface area (Å²) >= 11 is 0. The Balaban J connectivity index is 0.00000208. The molecule has 3 aromatic rings. The molecule has 0 heterocycles. The van der Waals surface area contributed by atoms with Crippen molar-refractivity contribution in [2.75, 3.05) is 0 Å². The number of hydrogen-bond donors (Lipinski definition) is 0. The third-order valence-corrected chi connectivity index (χ3v) is 5.10. The summed E-state index contributed by atoms with van der Waals surface area (Å²) in [5, 5.41) is 0. The first-order chi connectivity index (χ1) is 11.4. The van der Waals surface area contributed by atoms with Crippen molar-refractivity contribution in [1.29, 1.82) is 0 Å². The molecule has 0 saturated heterocycles. The first-order valence-electron chi connectivity index (χ1n) is 8.71. The minimum atomic E-state index is -0.913. The second kappa shape index (κ2) is 8.98.